The van der Waals surface area contributed by atoms with Crippen molar-refractivity contribution in [2.75, 3.05) is 19.6 Å². The van der Waals surface area contributed by atoms with Crippen LogP contribution in [-0.4, -0.2) is 52.3 Å². The van der Waals surface area contributed by atoms with Crippen LogP contribution in [0.1, 0.15) is 25.3 Å². The van der Waals surface area contributed by atoms with Gasteiger partial charge in [0.2, 0.25) is 11.8 Å². The average Bonchev–Trinajstić information content (AvgIpc) is 2.72. The number of pyridine rings is 1. The number of amides is 2. The molecule has 2 amide bonds. The molecule has 0 N–H and O–H groups in total. The summed E-state index contributed by atoms with van der Waals surface area (Å²) in [5, 5.41) is 0. The number of piperazine rings is 1. The van der Waals surface area contributed by atoms with Gasteiger partial charge in [0.15, 0.2) is 0 Å². The topological polar surface area (TPSA) is 53.5 Å². The molecule has 1 unspecified atom stereocenters. The van der Waals surface area contributed by atoms with E-state index in [1.165, 1.54) is 0 Å². The molecule has 5 heteroatoms. The van der Waals surface area contributed by atoms with E-state index in [4.69, 9.17) is 0 Å². The minimum absolute atomic E-state index is 0.00816. The molecule has 1 saturated heterocycles. The molecule has 28 heavy (non-hydrogen) atoms. The summed E-state index contributed by atoms with van der Waals surface area (Å²) in [6.45, 7) is 7.40. The van der Waals surface area contributed by atoms with E-state index in [1.54, 1.807) is 28.3 Å². The predicted molar refractivity (Wildman–Crippen MR) is 111 cm³/mol. The summed E-state index contributed by atoms with van der Waals surface area (Å²) in [5.41, 5.74) is 3.26. The number of rotatable bonds is 7. The van der Waals surface area contributed by atoms with Gasteiger partial charge in [-0.05, 0) is 35.2 Å². The van der Waals surface area contributed by atoms with Gasteiger partial charge in [0.1, 0.15) is 6.04 Å². The second-order valence-corrected chi connectivity index (χ2v) is 7.06. The van der Waals surface area contributed by atoms with Crippen LogP contribution in [0.25, 0.3) is 11.1 Å². The second kappa shape index (κ2) is 9.31. The molecule has 3 rings (SSSR count). The van der Waals surface area contributed by atoms with Crippen molar-refractivity contribution in [2.24, 2.45) is 0 Å². The van der Waals surface area contributed by atoms with Gasteiger partial charge < -0.3 is 9.80 Å². The number of benzene rings is 1. The Morgan fingerprint density at radius 1 is 1.14 bits per heavy atom. The summed E-state index contributed by atoms with van der Waals surface area (Å²) in [4.78, 5) is 33.2. The van der Waals surface area contributed by atoms with Crippen molar-refractivity contribution in [1.82, 2.24) is 14.8 Å². The molecule has 146 valence electrons. The third-order valence-corrected chi connectivity index (χ3v) is 5.11. The number of carbonyl (C=O) groups excluding carboxylic acids is 2. The summed E-state index contributed by atoms with van der Waals surface area (Å²) in [7, 11) is 0. The maximum absolute atomic E-state index is 13.0. The molecule has 0 aliphatic carbocycles. The second-order valence-electron chi connectivity index (χ2n) is 7.06. The van der Waals surface area contributed by atoms with Crippen LogP contribution >= 0.6 is 0 Å². The molecule has 0 spiro atoms. The minimum Gasteiger partial charge on any atom is -0.335 e. The SMILES string of the molecule is C=CCN1CCN(C(=O)CCC)C(Cc2ccc(-c3ccncc3)cc2)C1=O. The monoisotopic (exact) mass is 377 g/mol. The third kappa shape index (κ3) is 4.47. The standard InChI is InChI=1S/C23H27N3O2/c1-3-5-22(27)26-16-15-25(14-4-2)23(28)21(26)17-18-6-8-19(9-7-18)20-10-12-24-13-11-20/h4,6-13,21H,2-3,5,14-17H2,1H3. The molecule has 2 heterocycles. The molecule has 0 bridgehead atoms. The largest absolute Gasteiger partial charge is 0.335 e. The lowest BCUT2D eigenvalue weighted by atomic mass is 9.98. The zero-order chi connectivity index (χ0) is 19.9. The van der Waals surface area contributed by atoms with Crippen LogP contribution in [0.2, 0.25) is 0 Å². The van der Waals surface area contributed by atoms with Crippen molar-refractivity contribution >= 4 is 11.8 Å². The van der Waals surface area contributed by atoms with Gasteiger partial charge in [0.05, 0.1) is 0 Å². The van der Waals surface area contributed by atoms with Gasteiger partial charge in [-0.1, -0.05) is 37.3 Å². The van der Waals surface area contributed by atoms with Crippen molar-refractivity contribution in [3.8, 4) is 11.1 Å². The molecule has 5 nitrogen and oxygen atoms in total. The Balaban J connectivity index is 1.79. The maximum atomic E-state index is 13.0. The van der Waals surface area contributed by atoms with Gasteiger partial charge in [-0.2, -0.15) is 0 Å². The molecule has 1 aliphatic heterocycles. The Morgan fingerprint density at radius 2 is 1.82 bits per heavy atom. The normalized spacial score (nSPS) is 16.9. The number of hydrogen-bond acceptors (Lipinski definition) is 3. The minimum atomic E-state index is -0.445. The van der Waals surface area contributed by atoms with Gasteiger partial charge in [-0.25, -0.2) is 0 Å². The van der Waals surface area contributed by atoms with Crippen LogP contribution in [0.4, 0.5) is 0 Å². The molecule has 1 aromatic heterocycles. The van der Waals surface area contributed by atoms with Crippen LogP contribution in [-0.2, 0) is 16.0 Å². The molecule has 1 fully saturated rings. The van der Waals surface area contributed by atoms with Crippen LogP contribution in [0, 0.1) is 0 Å². The smallest absolute Gasteiger partial charge is 0.246 e. The van der Waals surface area contributed by atoms with E-state index in [1.807, 2.05) is 31.2 Å². The van der Waals surface area contributed by atoms with E-state index in [0.717, 1.165) is 23.1 Å². The zero-order valence-corrected chi connectivity index (χ0v) is 16.4. The Hall–Kier alpha value is -2.95. The molecule has 1 aliphatic rings. The van der Waals surface area contributed by atoms with E-state index in [2.05, 4.69) is 23.7 Å². The van der Waals surface area contributed by atoms with Crippen molar-refractivity contribution in [3.05, 3.63) is 67.0 Å². The van der Waals surface area contributed by atoms with Gasteiger partial charge in [-0.3, -0.25) is 14.6 Å². The fourth-order valence-corrected chi connectivity index (χ4v) is 3.63. The predicted octanol–water partition coefficient (Wildman–Crippen LogP) is 3.32. The number of aromatic nitrogens is 1. The molecular weight excluding hydrogens is 350 g/mol. The summed E-state index contributed by atoms with van der Waals surface area (Å²) in [6.07, 6.45) is 7.07. The highest BCUT2D eigenvalue weighted by molar-refractivity contribution is 5.89. The van der Waals surface area contributed by atoms with Gasteiger partial charge in [0.25, 0.3) is 0 Å². The molecular formula is C23H27N3O2. The Kier molecular flexibility index (Phi) is 6.58. The number of nitrogens with zero attached hydrogens (tertiary/aromatic N) is 3. The highest BCUT2D eigenvalue weighted by Gasteiger charge is 2.36. The van der Waals surface area contributed by atoms with Crippen LogP contribution in [0.15, 0.2) is 61.4 Å². The average molecular weight is 377 g/mol. The van der Waals surface area contributed by atoms with E-state index >= 15 is 0 Å². The maximum Gasteiger partial charge on any atom is 0.246 e. The Morgan fingerprint density at radius 3 is 2.46 bits per heavy atom. The van der Waals surface area contributed by atoms with Crippen molar-refractivity contribution in [2.45, 2.75) is 32.2 Å². The summed E-state index contributed by atoms with van der Waals surface area (Å²) in [6, 6.07) is 11.7. The van der Waals surface area contributed by atoms with E-state index in [-0.39, 0.29) is 11.8 Å². The first-order valence-electron chi connectivity index (χ1n) is 9.82. The van der Waals surface area contributed by atoms with Crippen molar-refractivity contribution < 1.29 is 9.59 Å². The van der Waals surface area contributed by atoms with Crippen molar-refractivity contribution in [3.63, 3.8) is 0 Å². The van der Waals surface area contributed by atoms with Crippen molar-refractivity contribution in [1.29, 1.82) is 0 Å². The van der Waals surface area contributed by atoms with Gasteiger partial charge in [0, 0.05) is 44.9 Å². The molecule has 0 saturated carbocycles. The van der Waals surface area contributed by atoms with Crippen LogP contribution in [0.3, 0.4) is 0 Å². The van der Waals surface area contributed by atoms with Gasteiger partial charge >= 0.3 is 0 Å². The van der Waals surface area contributed by atoms with Gasteiger partial charge in [-0.15, -0.1) is 6.58 Å². The Labute approximate surface area is 166 Å². The molecule has 0 radical (unpaired) electrons. The molecule has 1 atom stereocenters. The Bertz CT molecular complexity index is 818. The third-order valence-electron chi connectivity index (χ3n) is 5.11. The molecule has 1 aromatic carbocycles. The fourth-order valence-electron chi connectivity index (χ4n) is 3.63. The first-order valence-corrected chi connectivity index (χ1v) is 9.82. The van der Waals surface area contributed by atoms with Crippen LogP contribution in [0.5, 0.6) is 0 Å². The molecule has 2 aromatic rings. The number of hydrogen-bond donors (Lipinski definition) is 0. The highest BCUT2D eigenvalue weighted by atomic mass is 16.2. The lowest BCUT2D eigenvalue weighted by Gasteiger charge is -2.40. The van der Waals surface area contributed by atoms with E-state index in [9.17, 15) is 9.59 Å². The first kappa shape index (κ1) is 19.8. The zero-order valence-electron chi connectivity index (χ0n) is 16.4. The quantitative estimate of drug-likeness (QED) is 0.696. The summed E-state index contributed by atoms with van der Waals surface area (Å²) in [5.74, 6) is 0.0707. The first-order chi connectivity index (χ1) is 13.6. The fraction of sp³-hybridized carbons (Fsp3) is 0.348. The summed E-state index contributed by atoms with van der Waals surface area (Å²) < 4.78 is 0. The number of carbonyl (C=O) groups is 2. The summed E-state index contributed by atoms with van der Waals surface area (Å²) >= 11 is 0. The van der Waals surface area contributed by atoms with E-state index in [0.29, 0.717) is 32.5 Å². The van der Waals surface area contributed by atoms with Crippen LogP contribution < -0.4 is 0 Å². The lowest BCUT2D eigenvalue weighted by molar-refractivity contribution is -0.151. The highest BCUT2D eigenvalue weighted by Crippen LogP contribution is 2.22. The lowest BCUT2D eigenvalue weighted by Crippen LogP contribution is -2.59. The van der Waals surface area contributed by atoms with E-state index < -0.39 is 6.04 Å².